The predicted octanol–water partition coefficient (Wildman–Crippen LogP) is 2.63. The smallest absolute Gasteiger partial charge is 0.191 e. The second-order valence-corrected chi connectivity index (χ2v) is 4.81. The van der Waals surface area contributed by atoms with Gasteiger partial charge in [0, 0.05) is 26.2 Å². The standard InChI is InChI=1S/C13H29N3O.HI/c1-6-14-13(16-10-11(2)3)15-8-7-9-17-12(4)5;/h11-12H,6-10H2,1-5H3,(H2,14,15,16);1H. The Hall–Kier alpha value is -0.0400. The molecule has 0 bridgehead atoms. The van der Waals surface area contributed by atoms with Crippen LogP contribution in [0.5, 0.6) is 0 Å². The molecule has 5 heteroatoms. The number of hydrogen-bond donors (Lipinski definition) is 2. The van der Waals surface area contributed by atoms with E-state index in [-0.39, 0.29) is 24.0 Å². The fourth-order valence-electron chi connectivity index (χ4n) is 1.21. The molecule has 0 heterocycles. The van der Waals surface area contributed by atoms with Crippen molar-refractivity contribution in [3.05, 3.63) is 0 Å². The van der Waals surface area contributed by atoms with Gasteiger partial charge in [0.1, 0.15) is 0 Å². The summed E-state index contributed by atoms with van der Waals surface area (Å²) in [4.78, 5) is 4.50. The van der Waals surface area contributed by atoms with Crippen molar-refractivity contribution in [1.82, 2.24) is 10.6 Å². The van der Waals surface area contributed by atoms with Crippen molar-refractivity contribution >= 4 is 29.9 Å². The lowest BCUT2D eigenvalue weighted by atomic mass is 10.2. The first-order valence-corrected chi connectivity index (χ1v) is 6.70. The minimum Gasteiger partial charge on any atom is -0.379 e. The van der Waals surface area contributed by atoms with E-state index in [1.54, 1.807) is 0 Å². The van der Waals surface area contributed by atoms with Crippen LogP contribution in [0.15, 0.2) is 4.99 Å². The van der Waals surface area contributed by atoms with Gasteiger partial charge < -0.3 is 15.4 Å². The monoisotopic (exact) mass is 371 g/mol. The molecule has 0 aliphatic rings. The van der Waals surface area contributed by atoms with Crippen molar-refractivity contribution in [2.45, 2.75) is 47.1 Å². The average molecular weight is 371 g/mol. The largest absolute Gasteiger partial charge is 0.379 e. The zero-order chi connectivity index (χ0) is 13.1. The minimum absolute atomic E-state index is 0. The third-order valence-corrected chi connectivity index (χ3v) is 2.02. The van der Waals surface area contributed by atoms with Crippen LogP contribution >= 0.6 is 24.0 Å². The summed E-state index contributed by atoms with van der Waals surface area (Å²) < 4.78 is 5.48. The predicted molar refractivity (Wildman–Crippen MR) is 89.9 cm³/mol. The summed E-state index contributed by atoms with van der Waals surface area (Å²) >= 11 is 0. The van der Waals surface area contributed by atoms with Crippen molar-refractivity contribution in [3.8, 4) is 0 Å². The summed E-state index contributed by atoms with van der Waals surface area (Å²) in [5.41, 5.74) is 0. The molecule has 0 aliphatic heterocycles. The molecular weight excluding hydrogens is 341 g/mol. The van der Waals surface area contributed by atoms with E-state index in [0.29, 0.717) is 12.0 Å². The molecule has 0 aromatic heterocycles. The van der Waals surface area contributed by atoms with Crippen molar-refractivity contribution in [2.24, 2.45) is 10.9 Å². The summed E-state index contributed by atoms with van der Waals surface area (Å²) in [6, 6.07) is 0. The normalized spacial score (nSPS) is 11.6. The van der Waals surface area contributed by atoms with E-state index in [0.717, 1.165) is 38.6 Å². The summed E-state index contributed by atoms with van der Waals surface area (Å²) in [5, 5.41) is 6.54. The first-order valence-electron chi connectivity index (χ1n) is 6.70. The molecule has 4 nitrogen and oxygen atoms in total. The number of nitrogens with one attached hydrogen (secondary N) is 2. The molecule has 0 aliphatic carbocycles. The molecule has 2 N–H and O–H groups in total. The number of halogens is 1. The zero-order valence-corrected chi connectivity index (χ0v) is 14.8. The van der Waals surface area contributed by atoms with E-state index in [9.17, 15) is 0 Å². The van der Waals surface area contributed by atoms with E-state index < -0.39 is 0 Å². The van der Waals surface area contributed by atoms with Gasteiger partial charge in [-0.1, -0.05) is 13.8 Å². The molecule has 0 rings (SSSR count). The third kappa shape index (κ3) is 14.0. The Morgan fingerprint density at radius 1 is 1.17 bits per heavy atom. The maximum atomic E-state index is 5.48. The minimum atomic E-state index is 0. The molecule has 18 heavy (non-hydrogen) atoms. The van der Waals surface area contributed by atoms with E-state index in [4.69, 9.17) is 4.74 Å². The van der Waals surface area contributed by atoms with Gasteiger partial charge in [0.15, 0.2) is 5.96 Å². The number of hydrogen-bond acceptors (Lipinski definition) is 2. The number of nitrogens with zero attached hydrogens (tertiary/aromatic N) is 1. The number of rotatable bonds is 8. The molecule has 0 aromatic carbocycles. The van der Waals surface area contributed by atoms with Crippen LogP contribution in [0.4, 0.5) is 0 Å². The Morgan fingerprint density at radius 2 is 1.83 bits per heavy atom. The van der Waals surface area contributed by atoms with Crippen molar-refractivity contribution in [3.63, 3.8) is 0 Å². The Kier molecular flexibility index (Phi) is 15.1. The van der Waals surface area contributed by atoms with Gasteiger partial charge in [-0.25, -0.2) is 0 Å². The second kappa shape index (κ2) is 13.4. The molecule has 0 fully saturated rings. The van der Waals surface area contributed by atoms with Gasteiger partial charge in [0.05, 0.1) is 6.10 Å². The topological polar surface area (TPSA) is 45.7 Å². The lowest BCUT2D eigenvalue weighted by Crippen LogP contribution is -2.38. The van der Waals surface area contributed by atoms with Crippen LogP contribution in [-0.4, -0.2) is 38.3 Å². The van der Waals surface area contributed by atoms with Crippen LogP contribution < -0.4 is 10.6 Å². The van der Waals surface area contributed by atoms with Crippen LogP contribution in [0.25, 0.3) is 0 Å². The zero-order valence-electron chi connectivity index (χ0n) is 12.5. The van der Waals surface area contributed by atoms with Gasteiger partial charge in [-0.2, -0.15) is 0 Å². The fraction of sp³-hybridized carbons (Fsp3) is 0.923. The van der Waals surface area contributed by atoms with Gasteiger partial charge in [0.25, 0.3) is 0 Å². The third-order valence-electron chi connectivity index (χ3n) is 2.02. The van der Waals surface area contributed by atoms with E-state index in [1.165, 1.54) is 0 Å². The Morgan fingerprint density at radius 3 is 2.33 bits per heavy atom. The average Bonchev–Trinajstić information content (AvgIpc) is 2.24. The molecule has 0 aromatic rings. The molecule has 110 valence electrons. The summed E-state index contributed by atoms with van der Waals surface area (Å²) in [6.07, 6.45) is 1.32. The van der Waals surface area contributed by atoms with E-state index in [1.807, 2.05) is 0 Å². The number of aliphatic imine (C=N–C) groups is 1. The second-order valence-electron chi connectivity index (χ2n) is 4.81. The summed E-state index contributed by atoms with van der Waals surface area (Å²) in [5.74, 6) is 1.50. The molecule has 0 amide bonds. The lowest BCUT2D eigenvalue weighted by molar-refractivity contribution is 0.0776. The molecule has 0 saturated carbocycles. The first kappa shape index (κ1) is 20.3. The van der Waals surface area contributed by atoms with Crippen LogP contribution in [-0.2, 0) is 4.74 Å². The Balaban J connectivity index is 0. The fourth-order valence-corrected chi connectivity index (χ4v) is 1.21. The van der Waals surface area contributed by atoms with Crippen LogP contribution in [0, 0.1) is 5.92 Å². The van der Waals surface area contributed by atoms with Gasteiger partial charge in [-0.05, 0) is 33.1 Å². The highest BCUT2D eigenvalue weighted by atomic mass is 127. The molecule has 0 radical (unpaired) electrons. The molecule has 0 unspecified atom stereocenters. The lowest BCUT2D eigenvalue weighted by Gasteiger charge is -2.12. The van der Waals surface area contributed by atoms with Crippen molar-refractivity contribution in [1.29, 1.82) is 0 Å². The van der Waals surface area contributed by atoms with Gasteiger partial charge >= 0.3 is 0 Å². The number of ether oxygens (including phenoxy) is 1. The number of guanidine groups is 1. The van der Waals surface area contributed by atoms with Crippen LogP contribution in [0.3, 0.4) is 0 Å². The highest BCUT2D eigenvalue weighted by Gasteiger charge is 1.98. The van der Waals surface area contributed by atoms with Crippen molar-refractivity contribution < 1.29 is 4.74 Å². The highest BCUT2D eigenvalue weighted by molar-refractivity contribution is 14.0. The van der Waals surface area contributed by atoms with Gasteiger partial charge in [-0.15, -0.1) is 24.0 Å². The molecule has 0 atom stereocenters. The Labute approximate surface area is 129 Å². The summed E-state index contributed by atoms with van der Waals surface area (Å²) in [6.45, 7) is 14.0. The van der Waals surface area contributed by atoms with Crippen LogP contribution in [0.1, 0.15) is 41.0 Å². The first-order chi connectivity index (χ1) is 8.06. The van der Waals surface area contributed by atoms with E-state index >= 15 is 0 Å². The van der Waals surface area contributed by atoms with Gasteiger partial charge in [-0.3, -0.25) is 4.99 Å². The molecular formula is C13H30IN3O. The summed E-state index contributed by atoms with van der Waals surface area (Å²) in [7, 11) is 0. The van der Waals surface area contributed by atoms with Crippen LogP contribution in [0.2, 0.25) is 0 Å². The SMILES string of the molecule is CCNC(=NCC(C)C)NCCCOC(C)C.I. The molecule has 0 spiro atoms. The highest BCUT2D eigenvalue weighted by Crippen LogP contribution is 1.92. The van der Waals surface area contributed by atoms with Gasteiger partial charge in [0.2, 0.25) is 0 Å². The van der Waals surface area contributed by atoms with E-state index in [2.05, 4.69) is 50.2 Å². The maximum absolute atomic E-state index is 5.48. The Bertz CT molecular complexity index is 208. The maximum Gasteiger partial charge on any atom is 0.191 e. The molecule has 0 saturated heterocycles. The quantitative estimate of drug-likeness (QED) is 0.298. The van der Waals surface area contributed by atoms with Crippen molar-refractivity contribution in [2.75, 3.05) is 26.2 Å².